The van der Waals surface area contributed by atoms with E-state index < -0.39 is 0 Å². The van der Waals surface area contributed by atoms with Gasteiger partial charge in [0.05, 0.1) is 6.54 Å². The van der Waals surface area contributed by atoms with Gasteiger partial charge in [0, 0.05) is 16.5 Å². The molecule has 0 bridgehead atoms. The summed E-state index contributed by atoms with van der Waals surface area (Å²) < 4.78 is 0. The highest BCUT2D eigenvalue weighted by Crippen LogP contribution is 2.37. The van der Waals surface area contributed by atoms with Gasteiger partial charge in [-0.3, -0.25) is 4.99 Å². The maximum atomic E-state index is 4.77. The van der Waals surface area contributed by atoms with Crippen molar-refractivity contribution in [2.24, 2.45) is 4.99 Å². The molecule has 1 N–H and O–H groups in total. The smallest absolute Gasteiger partial charge is 0.157 e. The zero-order valence-corrected chi connectivity index (χ0v) is 11.3. The van der Waals surface area contributed by atoms with Crippen molar-refractivity contribution in [1.82, 2.24) is 5.32 Å². The Hall–Kier alpha value is 0.170. The molecule has 90 valence electrons. The van der Waals surface area contributed by atoms with E-state index in [2.05, 4.69) is 17.1 Å². The molecule has 0 aromatic rings. The number of thioether (sulfide) groups is 2. The lowest BCUT2D eigenvalue weighted by Crippen LogP contribution is -2.40. The topological polar surface area (TPSA) is 24.4 Å². The number of rotatable bonds is 2. The first-order chi connectivity index (χ1) is 7.86. The molecule has 1 aliphatic carbocycles. The quantitative estimate of drug-likeness (QED) is 0.822. The van der Waals surface area contributed by atoms with Crippen LogP contribution in [0.15, 0.2) is 4.99 Å². The fraction of sp³-hybridized carbons (Fsp3) is 0.917. The molecule has 3 fully saturated rings. The van der Waals surface area contributed by atoms with Crippen molar-refractivity contribution in [2.45, 2.75) is 49.3 Å². The van der Waals surface area contributed by atoms with E-state index in [0.717, 1.165) is 11.8 Å². The fourth-order valence-electron chi connectivity index (χ4n) is 2.88. The minimum absolute atomic E-state index is 0.437. The molecule has 2 heterocycles. The van der Waals surface area contributed by atoms with Crippen LogP contribution in [0.1, 0.15) is 38.5 Å². The second-order valence-electron chi connectivity index (χ2n) is 5.18. The van der Waals surface area contributed by atoms with Crippen molar-refractivity contribution in [3.8, 4) is 0 Å². The summed E-state index contributed by atoms with van der Waals surface area (Å²) >= 11 is 4.06. The molecular formula is C12H20N2S2. The second kappa shape index (κ2) is 4.81. The molecule has 1 saturated carbocycles. The van der Waals surface area contributed by atoms with Crippen LogP contribution in [0.5, 0.6) is 0 Å². The lowest BCUT2D eigenvalue weighted by molar-refractivity contribution is 0.452. The molecule has 2 nitrogen and oxygen atoms in total. The van der Waals surface area contributed by atoms with Gasteiger partial charge in [-0.2, -0.15) is 11.8 Å². The summed E-state index contributed by atoms with van der Waals surface area (Å²) in [6.07, 6.45) is 8.29. The Labute approximate surface area is 106 Å². The van der Waals surface area contributed by atoms with Crippen LogP contribution in [0.3, 0.4) is 0 Å². The van der Waals surface area contributed by atoms with Crippen LogP contribution >= 0.6 is 23.5 Å². The minimum atomic E-state index is 0.437. The van der Waals surface area contributed by atoms with Gasteiger partial charge >= 0.3 is 0 Å². The lowest BCUT2D eigenvalue weighted by atomic mass is 10.0. The second-order valence-corrected chi connectivity index (χ2v) is 7.55. The number of nitrogens with one attached hydrogen (secondary N) is 1. The number of hydrogen-bond donors (Lipinski definition) is 1. The zero-order valence-electron chi connectivity index (χ0n) is 9.71. The van der Waals surface area contributed by atoms with Gasteiger partial charge in [0.1, 0.15) is 0 Å². The molecule has 0 aromatic carbocycles. The number of aliphatic imine (C=N–C) groups is 1. The standard InChI is InChI=1S/C12H20N2S2/c1-2-6-12(5-1)9-16-11(14-12)13-8-10-4-3-7-15-10/h10H,1-9H2,(H,13,14). The Kier molecular flexibility index (Phi) is 3.39. The molecule has 16 heavy (non-hydrogen) atoms. The van der Waals surface area contributed by atoms with E-state index in [9.17, 15) is 0 Å². The molecule has 1 unspecified atom stereocenters. The Morgan fingerprint density at radius 2 is 2.19 bits per heavy atom. The summed E-state index contributed by atoms with van der Waals surface area (Å²) in [4.78, 5) is 4.77. The van der Waals surface area contributed by atoms with Crippen LogP contribution in [0, 0.1) is 0 Å². The van der Waals surface area contributed by atoms with Gasteiger partial charge in [-0.05, 0) is 31.4 Å². The largest absolute Gasteiger partial charge is 0.359 e. The van der Waals surface area contributed by atoms with Crippen molar-refractivity contribution >= 4 is 28.7 Å². The van der Waals surface area contributed by atoms with Crippen molar-refractivity contribution in [1.29, 1.82) is 0 Å². The van der Waals surface area contributed by atoms with E-state index in [-0.39, 0.29) is 0 Å². The van der Waals surface area contributed by atoms with Crippen LogP contribution < -0.4 is 5.32 Å². The molecule has 0 aromatic heterocycles. The van der Waals surface area contributed by atoms with Crippen LogP contribution in [-0.2, 0) is 0 Å². The molecule has 2 aliphatic heterocycles. The van der Waals surface area contributed by atoms with Crippen molar-refractivity contribution in [2.75, 3.05) is 18.1 Å². The summed E-state index contributed by atoms with van der Waals surface area (Å²) in [7, 11) is 0. The fourth-order valence-corrected chi connectivity index (χ4v) is 5.29. The molecule has 4 heteroatoms. The highest BCUT2D eigenvalue weighted by Gasteiger charge is 2.39. The van der Waals surface area contributed by atoms with E-state index >= 15 is 0 Å². The average Bonchev–Trinajstić information content (AvgIpc) is 3.01. The Bertz CT molecular complexity index is 279. The molecule has 1 spiro atoms. The molecule has 1 atom stereocenters. The first-order valence-electron chi connectivity index (χ1n) is 6.43. The Morgan fingerprint density at radius 3 is 2.94 bits per heavy atom. The first kappa shape index (κ1) is 11.3. The SMILES string of the molecule is C1CSC(CN=C2NC3(CCCC3)CS2)C1. The van der Waals surface area contributed by atoms with Crippen molar-refractivity contribution in [3.05, 3.63) is 0 Å². The average molecular weight is 256 g/mol. The summed E-state index contributed by atoms with van der Waals surface area (Å²) in [6, 6.07) is 0. The van der Waals surface area contributed by atoms with E-state index in [1.165, 1.54) is 55.2 Å². The lowest BCUT2D eigenvalue weighted by Gasteiger charge is -2.21. The normalized spacial score (nSPS) is 35.0. The molecule has 3 aliphatic rings. The highest BCUT2D eigenvalue weighted by molar-refractivity contribution is 8.14. The summed E-state index contributed by atoms with van der Waals surface area (Å²) in [5, 5.41) is 5.73. The minimum Gasteiger partial charge on any atom is -0.359 e. The predicted octanol–water partition coefficient (Wildman–Crippen LogP) is 2.89. The summed E-state index contributed by atoms with van der Waals surface area (Å²) in [5.41, 5.74) is 0.437. The van der Waals surface area contributed by atoms with Gasteiger partial charge in [0.15, 0.2) is 5.17 Å². The predicted molar refractivity (Wildman–Crippen MR) is 74.6 cm³/mol. The third kappa shape index (κ3) is 2.37. The van der Waals surface area contributed by atoms with Gasteiger partial charge in [0.2, 0.25) is 0 Å². The maximum Gasteiger partial charge on any atom is 0.157 e. The van der Waals surface area contributed by atoms with Crippen LogP contribution in [0.4, 0.5) is 0 Å². The number of hydrogen-bond acceptors (Lipinski definition) is 3. The molecule has 2 saturated heterocycles. The van der Waals surface area contributed by atoms with E-state index in [0.29, 0.717) is 5.54 Å². The van der Waals surface area contributed by atoms with Gasteiger partial charge in [0.25, 0.3) is 0 Å². The zero-order chi connectivity index (χ0) is 10.8. The number of amidine groups is 1. The van der Waals surface area contributed by atoms with Gasteiger partial charge in [-0.25, -0.2) is 0 Å². The molecule has 0 amide bonds. The third-order valence-electron chi connectivity index (χ3n) is 3.88. The highest BCUT2D eigenvalue weighted by atomic mass is 32.2. The van der Waals surface area contributed by atoms with Crippen LogP contribution in [0.25, 0.3) is 0 Å². The number of nitrogens with zero attached hydrogens (tertiary/aromatic N) is 1. The first-order valence-corrected chi connectivity index (χ1v) is 8.47. The van der Waals surface area contributed by atoms with Gasteiger partial charge < -0.3 is 5.32 Å². The van der Waals surface area contributed by atoms with E-state index in [1.807, 2.05) is 11.8 Å². The summed E-state index contributed by atoms with van der Waals surface area (Å²) in [6.45, 7) is 1.04. The van der Waals surface area contributed by atoms with Gasteiger partial charge in [-0.15, -0.1) is 0 Å². The monoisotopic (exact) mass is 256 g/mol. The van der Waals surface area contributed by atoms with Crippen LogP contribution in [0.2, 0.25) is 0 Å². The summed E-state index contributed by atoms with van der Waals surface area (Å²) in [5.74, 6) is 2.60. The van der Waals surface area contributed by atoms with E-state index in [4.69, 9.17) is 4.99 Å². The molecule has 3 rings (SSSR count). The van der Waals surface area contributed by atoms with Crippen molar-refractivity contribution in [3.63, 3.8) is 0 Å². The third-order valence-corrected chi connectivity index (χ3v) is 6.46. The Morgan fingerprint density at radius 1 is 1.31 bits per heavy atom. The van der Waals surface area contributed by atoms with Crippen molar-refractivity contribution < 1.29 is 0 Å². The van der Waals surface area contributed by atoms with E-state index in [1.54, 1.807) is 0 Å². The van der Waals surface area contributed by atoms with Crippen LogP contribution in [-0.4, -0.2) is 34.0 Å². The van der Waals surface area contributed by atoms with Gasteiger partial charge in [-0.1, -0.05) is 24.6 Å². The maximum absolute atomic E-state index is 4.77. The molecular weight excluding hydrogens is 236 g/mol. The molecule has 0 radical (unpaired) electrons. The Balaban J connectivity index is 1.54.